The molecule has 0 aromatic carbocycles. The number of nitrogens with zero attached hydrogens (tertiary/aromatic N) is 2. The van der Waals surface area contributed by atoms with Gasteiger partial charge in [-0.05, 0) is 19.4 Å². The number of likely N-dealkylation sites (N-methyl/N-ethyl adjacent to an activating group) is 1. The van der Waals surface area contributed by atoms with Crippen molar-refractivity contribution in [1.29, 1.82) is 0 Å². The van der Waals surface area contributed by atoms with Crippen LogP contribution in [0.5, 0.6) is 0 Å². The lowest BCUT2D eigenvalue weighted by Crippen LogP contribution is -2.37. The van der Waals surface area contributed by atoms with E-state index in [2.05, 4.69) is 10.3 Å². The number of nitrogens with one attached hydrogen (secondary N) is 1. The topological polar surface area (TPSA) is 54.5 Å². The number of aromatic nitrogens is 1. The smallest absolute Gasteiger partial charge is 0.257 e. The molecule has 1 fully saturated rings. The molecule has 2 heterocycles. The number of amides is 1. The molecule has 104 valence electrons. The summed E-state index contributed by atoms with van der Waals surface area (Å²) in [4.78, 5) is 17.7. The van der Waals surface area contributed by atoms with Crippen molar-refractivity contribution < 1.29 is 13.9 Å². The Morgan fingerprint density at radius 3 is 3.11 bits per heavy atom. The summed E-state index contributed by atoms with van der Waals surface area (Å²) in [7, 11) is 1.68. The number of hydrogen-bond acceptors (Lipinski definition) is 4. The Bertz CT molecular complexity index is 461. The van der Waals surface area contributed by atoms with Crippen LogP contribution < -0.4 is 5.32 Å². The summed E-state index contributed by atoms with van der Waals surface area (Å²) in [6, 6.07) is 1.42. The fourth-order valence-electron chi connectivity index (χ4n) is 2.08. The van der Waals surface area contributed by atoms with Gasteiger partial charge >= 0.3 is 0 Å². The van der Waals surface area contributed by atoms with E-state index in [-0.39, 0.29) is 23.3 Å². The predicted molar refractivity (Wildman–Crippen MR) is 69.7 cm³/mol. The molecule has 0 bridgehead atoms. The van der Waals surface area contributed by atoms with E-state index in [0.29, 0.717) is 19.8 Å². The molecule has 6 heteroatoms. The van der Waals surface area contributed by atoms with Gasteiger partial charge in [0, 0.05) is 26.4 Å². The maximum absolute atomic E-state index is 14.2. The molecule has 5 nitrogen and oxygen atoms in total. The molecule has 19 heavy (non-hydrogen) atoms. The molecule has 1 aliphatic rings. The van der Waals surface area contributed by atoms with Crippen molar-refractivity contribution in [3.63, 3.8) is 0 Å². The third kappa shape index (κ3) is 2.84. The zero-order valence-corrected chi connectivity index (χ0v) is 11.1. The van der Waals surface area contributed by atoms with E-state index >= 15 is 0 Å². The van der Waals surface area contributed by atoms with E-state index in [1.807, 2.05) is 6.92 Å². The Labute approximate surface area is 111 Å². The summed E-state index contributed by atoms with van der Waals surface area (Å²) in [5.74, 6) is -0.820. The summed E-state index contributed by atoms with van der Waals surface area (Å²) in [5, 5.41) is 2.80. The SMILES string of the molecule is CCNc1nccc(C(=O)N(C)C2CCOC2)c1F. The zero-order valence-electron chi connectivity index (χ0n) is 11.1. The Kier molecular flexibility index (Phi) is 4.31. The number of ether oxygens (including phenoxy) is 1. The van der Waals surface area contributed by atoms with Crippen LogP contribution in [-0.4, -0.2) is 48.6 Å². The molecule has 0 radical (unpaired) electrons. The van der Waals surface area contributed by atoms with Crippen LogP contribution in [0.25, 0.3) is 0 Å². The lowest BCUT2D eigenvalue weighted by atomic mass is 10.1. The first kappa shape index (κ1) is 13.7. The molecule has 1 saturated heterocycles. The lowest BCUT2D eigenvalue weighted by molar-refractivity contribution is 0.0706. The van der Waals surface area contributed by atoms with Crippen molar-refractivity contribution in [2.24, 2.45) is 0 Å². The molecule has 1 atom stereocenters. The molecule has 0 aliphatic carbocycles. The van der Waals surface area contributed by atoms with Crippen molar-refractivity contribution in [2.75, 3.05) is 32.1 Å². The zero-order chi connectivity index (χ0) is 13.8. The number of carbonyl (C=O) groups is 1. The van der Waals surface area contributed by atoms with Crippen LogP contribution in [0, 0.1) is 5.82 Å². The predicted octanol–water partition coefficient (Wildman–Crippen LogP) is 1.51. The molecule has 1 amide bonds. The van der Waals surface area contributed by atoms with Crippen LogP contribution in [0.4, 0.5) is 10.2 Å². The van der Waals surface area contributed by atoms with Gasteiger partial charge in [0.25, 0.3) is 5.91 Å². The number of anilines is 1. The normalized spacial score (nSPS) is 18.4. The van der Waals surface area contributed by atoms with Crippen LogP contribution in [0.3, 0.4) is 0 Å². The minimum absolute atomic E-state index is 0.0163. The van der Waals surface area contributed by atoms with Crippen LogP contribution in [-0.2, 0) is 4.74 Å². The first-order chi connectivity index (χ1) is 9.15. The monoisotopic (exact) mass is 267 g/mol. The van der Waals surface area contributed by atoms with Gasteiger partial charge in [-0.15, -0.1) is 0 Å². The fourth-order valence-corrected chi connectivity index (χ4v) is 2.08. The number of rotatable bonds is 4. The van der Waals surface area contributed by atoms with Gasteiger partial charge in [-0.1, -0.05) is 0 Å². The number of pyridine rings is 1. The molecule has 2 rings (SSSR count). The Balaban J connectivity index is 2.20. The third-order valence-corrected chi connectivity index (χ3v) is 3.24. The van der Waals surface area contributed by atoms with Crippen LogP contribution in [0.15, 0.2) is 12.3 Å². The minimum Gasteiger partial charge on any atom is -0.379 e. The summed E-state index contributed by atoms with van der Waals surface area (Å²) in [6.07, 6.45) is 2.22. The Morgan fingerprint density at radius 1 is 1.68 bits per heavy atom. The van der Waals surface area contributed by atoms with Gasteiger partial charge in [0.15, 0.2) is 11.6 Å². The Hall–Kier alpha value is -1.69. The highest BCUT2D eigenvalue weighted by molar-refractivity contribution is 5.95. The van der Waals surface area contributed by atoms with Crippen LogP contribution >= 0.6 is 0 Å². The molecule has 1 aromatic rings. The maximum atomic E-state index is 14.2. The minimum atomic E-state index is -0.597. The van der Waals surface area contributed by atoms with Crippen LogP contribution in [0.2, 0.25) is 0 Å². The van der Waals surface area contributed by atoms with E-state index in [4.69, 9.17) is 4.74 Å². The van der Waals surface area contributed by atoms with Gasteiger partial charge in [0.05, 0.1) is 18.2 Å². The molecule has 1 unspecified atom stereocenters. The van der Waals surface area contributed by atoms with Gasteiger partial charge in [-0.2, -0.15) is 0 Å². The van der Waals surface area contributed by atoms with Crippen molar-refractivity contribution >= 4 is 11.7 Å². The first-order valence-corrected chi connectivity index (χ1v) is 6.38. The second kappa shape index (κ2) is 5.97. The molecule has 1 aliphatic heterocycles. The second-order valence-electron chi connectivity index (χ2n) is 4.48. The average molecular weight is 267 g/mol. The number of carbonyl (C=O) groups excluding carboxylic acids is 1. The molecule has 0 spiro atoms. The molecule has 1 N–H and O–H groups in total. The molecule has 0 saturated carbocycles. The maximum Gasteiger partial charge on any atom is 0.257 e. The van der Waals surface area contributed by atoms with E-state index in [9.17, 15) is 9.18 Å². The van der Waals surface area contributed by atoms with Crippen LogP contribution in [0.1, 0.15) is 23.7 Å². The highest BCUT2D eigenvalue weighted by Crippen LogP contribution is 2.19. The highest BCUT2D eigenvalue weighted by atomic mass is 19.1. The Morgan fingerprint density at radius 2 is 2.47 bits per heavy atom. The van der Waals surface area contributed by atoms with E-state index in [0.717, 1.165) is 6.42 Å². The van der Waals surface area contributed by atoms with Gasteiger partial charge in [-0.3, -0.25) is 4.79 Å². The highest BCUT2D eigenvalue weighted by Gasteiger charge is 2.27. The standard InChI is InChI=1S/C13H18FN3O2/c1-3-15-12-11(14)10(4-6-16-12)13(18)17(2)9-5-7-19-8-9/h4,6,9H,3,5,7-8H2,1-2H3,(H,15,16). The first-order valence-electron chi connectivity index (χ1n) is 6.38. The summed E-state index contributed by atoms with van der Waals surface area (Å²) >= 11 is 0. The molecular formula is C13H18FN3O2. The van der Waals surface area contributed by atoms with Crippen molar-refractivity contribution in [2.45, 2.75) is 19.4 Å². The second-order valence-corrected chi connectivity index (χ2v) is 4.48. The summed E-state index contributed by atoms with van der Waals surface area (Å²) < 4.78 is 19.4. The van der Waals surface area contributed by atoms with E-state index in [1.54, 1.807) is 11.9 Å². The summed E-state index contributed by atoms with van der Waals surface area (Å²) in [5.41, 5.74) is 0.0420. The third-order valence-electron chi connectivity index (χ3n) is 3.24. The average Bonchev–Trinajstić information content (AvgIpc) is 2.94. The van der Waals surface area contributed by atoms with Gasteiger partial charge in [0.1, 0.15) is 0 Å². The van der Waals surface area contributed by atoms with Gasteiger partial charge < -0.3 is 15.0 Å². The van der Waals surface area contributed by atoms with Gasteiger partial charge in [0.2, 0.25) is 0 Å². The largest absolute Gasteiger partial charge is 0.379 e. The van der Waals surface area contributed by atoms with E-state index in [1.165, 1.54) is 12.3 Å². The fraction of sp³-hybridized carbons (Fsp3) is 0.538. The quantitative estimate of drug-likeness (QED) is 0.898. The van der Waals surface area contributed by atoms with Crippen molar-refractivity contribution in [1.82, 2.24) is 9.88 Å². The van der Waals surface area contributed by atoms with Crippen molar-refractivity contribution in [3.8, 4) is 0 Å². The number of halogens is 1. The lowest BCUT2D eigenvalue weighted by Gasteiger charge is -2.23. The van der Waals surface area contributed by atoms with E-state index < -0.39 is 5.82 Å². The van der Waals surface area contributed by atoms with Crippen molar-refractivity contribution in [3.05, 3.63) is 23.6 Å². The molecule has 1 aromatic heterocycles. The number of hydrogen-bond donors (Lipinski definition) is 1. The molecular weight excluding hydrogens is 249 g/mol. The van der Waals surface area contributed by atoms with Gasteiger partial charge in [-0.25, -0.2) is 9.37 Å². The summed E-state index contributed by atoms with van der Waals surface area (Å²) in [6.45, 7) is 3.55.